The van der Waals surface area contributed by atoms with E-state index >= 15 is 0 Å². The molecule has 1 saturated carbocycles. The van der Waals surface area contributed by atoms with Gasteiger partial charge in [-0.15, -0.1) is 0 Å². The summed E-state index contributed by atoms with van der Waals surface area (Å²) in [7, 11) is 0. The van der Waals surface area contributed by atoms with Crippen molar-refractivity contribution in [3.05, 3.63) is 34.4 Å². The van der Waals surface area contributed by atoms with Crippen molar-refractivity contribution in [3.8, 4) is 0 Å². The van der Waals surface area contributed by atoms with Crippen molar-refractivity contribution >= 4 is 0 Å². The second-order valence-electron chi connectivity index (χ2n) is 7.23. The Hall–Kier alpha value is -0.780. The molecule has 112 valence electrons. The van der Waals surface area contributed by atoms with Crippen molar-refractivity contribution < 1.29 is 0 Å². The van der Waals surface area contributed by atoms with Crippen LogP contribution in [0.15, 0.2) is 12.1 Å². The van der Waals surface area contributed by atoms with Gasteiger partial charge in [0.2, 0.25) is 0 Å². The SMILES string of the molecule is Cc1cc(CCCCC2CCC(C)CC2)cc(C)c1C. The summed E-state index contributed by atoms with van der Waals surface area (Å²) in [6, 6.07) is 4.79. The predicted molar refractivity (Wildman–Crippen MR) is 89.3 cm³/mol. The summed E-state index contributed by atoms with van der Waals surface area (Å²) in [6.07, 6.45) is 11.5. The summed E-state index contributed by atoms with van der Waals surface area (Å²) in [4.78, 5) is 0. The van der Waals surface area contributed by atoms with Gasteiger partial charge in [0.15, 0.2) is 0 Å². The Morgan fingerprint density at radius 1 is 0.900 bits per heavy atom. The summed E-state index contributed by atoms with van der Waals surface area (Å²) in [5.74, 6) is 2.03. The summed E-state index contributed by atoms with van der Waals surface area (Å²) < 4.78 is 0. The number of rotatable bonds is 5. The maximum atomic E-state index is 2.41. The molecular weight excluding hydrogens is 240 g/mol. The molecule has 1 aliphatic carbocycles. The van der Waals surface area contributed by atoms with Crippen LogP contribution in [0.1, 0.15) is 74.1 Å². The maximum Gasteiger partial charge on any atom is -0.0279 e. The first-order chi connectivity index (χ1) is 9.56. The number of benzene rings is 1. The van der Waals surface area contributed by atoms with E-state index in [-0.39, 0.29) is 0 Å². The van der Waals surface area contributed by atoms with Crippen molar-refractivity contribution in [1.29, 1.82) is 0 Å². The second-order valence-corrected chi connectivity index (χ2v) is 7.23. The van der Waals surface area contributed by atoms with Crippen LogP contribution in [-0.2, 0) is 6.42 Å². The van der Waals surface area contributed by atoms with Crippen molar-refractivity contribution in [3.63, 3.8) is 0 Å². The zero-order chi connectivity index (χ0) is 14.5. The van der Waals surface area contributed by atoms with Gasteiger partial charge in [-0.05, 0) is 67.7 Å². The molecule has 0 spiro atoms. The third-order valence-electron chi connectivity index (χ3n) is 5.45. The van der Waals surface area contributed by atoms with Gasteiger partial charge in [-0.1, -0.05) is 57.6 Å². The Kier molecular flexibility index (Phi) is 5.69. The van der Waals surface area contributed by atoms with Crippen LogP contribution in [0, 0.1) is 32.6 Å². The maximum absolute atomic E-state index is 2.41. The average Bonchev–Trinajstić information content (AvgIpc) is 2.43. The Bertz CT molecular complexity index is 399. The summed E-state index contributed by atoms with van der Waals surface area (Å²) in [5, 5.41) is 0. The Balaban J connectivity index is 1.71. The Labute approximate surface area is 126 Å². The van der Waals surface area contributed by atoms with Crippen LogP contribution >= 0.6 is 0 Å². The zero-order valence-electron chi connectivity index (χ0n) is 14.0. The van der Waals surface area contributed by atoms with Crippen LogP contribution in [0.3, 0.4) is 0 Å². The molecule has 1 aromatic rings. The molecule has 0 saturated heterocycles. The predicted octanol–water partition coefficient (Wildman–Crippen LogP) is 6.15. The molecule has 0 aliphatic heterocycles. The van der Waals surface area contributed by atoms with E-state index in [2.05, 4.69) is 39.8 Å². The first kappa shape index (κ1) is 15.6. The van der Waals surface area contributed by atoms with Crippen LogP contribution in [0.4, 0.5) is 0 Å². The van der Waals surface area contributed by atoms with Gasteiger partial charge in [0.05, 0.1) is 0 Å². The van der Waals surface area contributed by atoms with Crippen molar-refractivity contribution in [2.24, 2.45) is 11.8 Å². The van der Waals surface area contributed by atoms with Gasteiger partial charge in [0, 0.05) is 0 Å². The third-order valence-corrected chi connectivity index (χ3v) is 5.45. The minimum absolute atomic E-state index is 0.991. The molecule has 20 heavy (non-hydrogen) atoms. The number of aryl methyl sites for hydroxylation is 3. The van der Waals surface area contributed by atoms with Gasteiger partial charge in [0.1, 0.15) is 0 Å². The highest BCUT2D eigenvalue weighted by Gasteiger charge is 2.17. The zero-order valence-corrected chi connectivity index (χ0v) is 14.0. The number of hydrogen-bond donors (Lipinski definition) is 0. The molecule has 0 nitrogen and oxygen atoms in total. The fourth-order valence-electron chi connectivity index (χ4n) is 3.65. The van der Waals surface area contributed by atoms with E-state index in [4.69, 9.17) is 0 Å². The summed E-state index contributed by atoms with van der Waals surface area (Å²) >= 11 is 0. The van der Waals surface area contributed by atoms with E-state index in [0.717, 1.165) is 11.8 Å². The highest BCUT2D eigenvalue weighted by atomic mass is 14.2. The van der Waals surface area contributed by atoms with Crippen LogP contribution in [0.5, 0.6) is 0 Å². The van der Waals surface area contributed by atoms with Crippen LogP contribution < -0.4 is 0 Å². The number of unbranched alkanes of at least 4 members (excludes halogenated alkanes) is 1. The lowest BCUT2D eigenvalue weighted by Gasteiger charge is -2.26. The van der Waals surface area contributed by atoms with Crippen molar-refractivity contribution in [2.45, 2.75) is 79.1 Å². The van der Waals surface area contributed by atoms with Gasteiger partial charge >= 0.3 is 0 Å². The minimum Gasteiger partial charge on any atom is -0.0625 e. The normalized spacial score (nSPS) is 23.0. The van der Waals surface area contributed by atoms with Crippen molar-refractivity contribution in [1.82, 2.24) is 0 Å². The molecule has 1 aliphatic rings. The molecule has 0 amide bonds. The standard InChI is InChI=1S/C20H32/c1-15-9-11-19(12-10-15)7-5-6-8-20-13-16(2)18(4)17(3)14-20/h13-15,19H,5-12H2,1-4H3. The van der Waals surface area contributed by atoms with Crippen LogP contribution in [0.2, 0.25) is 0 Å². The molecular formula is C20H32. The van der Waals surface area contributed by atoms with Gasteiger partial charge in [0.25, 0.3) is 0 Å². The monoisotopic (exact) mass is 272 g/mol. The van der Waals surface area contributed by atoms with E-state index in [0.29, 0.717) is 0 Å². The minimum atomic E-state index is 0.991. The van der Waals surface area contributed by atoms with Gasteiger partial charge in [-0.25, -0.2) is 0 Å². The highest BCUT2D eigenvalue weighted by molar-refractivity contribution is 5.36. The van der Waals surface area contributed by atoms with E-state index < -0.39 is 0 Å². The van der Waals surface area contributed by atoms with E-state index in [1.807, 2.05) is 0 Å². The molecule has 0 atom stereocenters. The highest BCUT2D eigenvalue weighted by Crippen LogP contribution is 2.31. The first-order valence-corrected chi connectivity index (χ1v) is 8.63. The van der Waals surface area contributed by atoms with E-state index in [1.165, 1.54) is 68.1 Å². The van der Waals surface area contributed by atoms with Crippen LogP contribution in [-0.4, -0.2) is 0 Å². The Morgan fingerprint density at radius 3 is 2.10 bits per heavy atom. The number of hydrogen-bond acceptors (Lipinski definition) is 0. The summed E-state index contributed by atoms with van der Waals surface area (Å²) in [5.41, 5.74) is 5.93. The molecule has 0 heterocycles. The van der Waals surface area contributed by atoms with Gasteiger partial charge in [-0.3, -0.25) is 0 Å². The lowest BCUT2D eigenvalue weighted by molar-refractivity contribution is 0.272. The largest absolute Gasteiger partial charge is 0.0625 e. The lowest BCUT2D eigenvalue weighted by Crippen LogP contribution is -2.12. The first-order valence-electron chi connectivity index (χ1n) is 8.63. The lowest BCUT2D eigenvalue weighted by atomic mass is 9.80. The van der Waals surface area contributed by atoms with Gasteiger partial charge in [-0.2, -0.15) is 0 Å². The summed E-state index contributed by atoms with van der Waals surface area (Å²) in [6.45, 7) is 9.14. The van der Waals surface area contributed by atoms with Crippen molar-refractivity contribution in [2.75, 3.05) is 0 Å². The smallest absolute Gasteiger partial charge is 0.0279 e. The fraction of sp³-hybridized carbons (Fsp3) is 0.700. The second kappa shape index (κ2) is 7.29. The third kappa shape index (κ3) is 4.36. The molecule has 2 rings (SSSR count). The molecule has 0 radical (unpaired) electrons. The topological polar surface area (TPSA) is 0 Å². The molecule has 0 unspecified atom stereocenters. The average molecular weight is 272 g/mol. The quantitative estimate of drug-likeness (QED) is 0.564. The van der Waals surface area contributed by atoms with E-state index in [1.54, 1.807) is 5.56 Å². The molecule has 0 heteroatoms. The molecule has 1 aromatic carbocycles. The molecule has 0 N–H and O–H groups in total. The van der Waals surface area contributed by atoms with E-state index in [9.17, 15) is 0 Å². The van der Waals surface area contributed by atoms with Gasteiger partial charge < -0.3 is 0 Å². The Morgan fingerprint density at radius 2 is 1.50 bits per heavy atom. The molecule has 0 aromatic heterocycles. The van der Waals surface area contributed by atoms with Crippen LogP contribution in [0.25, 0.3) is 0 Å². The molecule has 1 fully saturated rings. The molecule has 0 bridgehead atoms. The fourth-order valence-corrected chi connectivity index (χ4v) is 3.65.